The molecule has 1 saturated heterocycles. The molecule has 0 aliphatic carbocycles. The normalized spacial score (nSPS) is 16.0. The molecule has 0 aromatic heterocycles. The van der Waals surface area contributed by atoms with Crippen molar-refractivity contribution in [1.29, 1.82) is 0 Å². The zero-order chi connectivity index (χ0) is 13.5. The molecule has 1 aliphatic rings. The number of hydrogen-bond acceptors (Lipinski definition) is 3. The van der Waals surface area contributed by atoms with Gasteiger partial charge in [0, 0.05) is 18.3 Å². The summed E-state index contributed by atoms with van der Waals surface area (Å²) in [6.07, 6.45) is 2.23. The Bertz CT molecular complexity index is 402. The van der Waals surface area contributed by atoms with Crippen LogP contribution in [0.2, 0.25) is 0 Å². The number of hydrogen-bond donors (Lipinski definition) is 3. The van der Waals surface area contributed by atoms with Gasteiger partial charge >= 0.3 is 6.09 Å². The Kier molecular flexibility index (Phi) is 5.39. The van der Waals surface area contributed by atoms with Crippen LogP contribution in [0.25, 0.3) is 0 Å². The number of benzene rings is 1. The number of anilines is 1. The smallest absolute Gasteiger partial charge is 0.404 e. The standard InChI is InChI=1S/C14H20N2O2S/c17-14(18)15-8-5-11-1-3-12(4-2-11)16-13-6-9-19-10-7-13/h1-4,13,15-16H,5-10H2,(H,17,18). The topological polar surface area (TPSA) is 61.4 Å². The fourth-order valence-corrected chi connectivity index (χ4v) is 3.27. The number of rotatable bonds is 5. The van der Waals surface area contributed by atoms with Crippen LogP contribution in [0.3, 0.4) is 0 Å². The second kappa shape index (κ2) is 7.28. The van der Waals surface area contributed by atoms with Crippen molar-refractivity contribution in [2.24, 2.45) is 0 Å². The number of amides is 1. The molecule has 104 valence electrons. The third-order valence-corrected chi connectivity index (χ3v) is 4.28. The molecule has 1 fully saturated rings. The summed E-state index contributed by atoms with van der Waals surface area (Å²) in [6.45, 7) is 0.460. The van der Waals surface area contributed by atoms with Crippen LogP contribution in [0.4, 0.5) is 10.5 Å². The van der Waals surface area contributed by atoms with E-state index < -0.39 is 6.09 Å². The lowest BCUT2D eigenvalue weighted by atomic mass is 10.1. The van der Waals surface area contributed by atoms with Crippen molar-refractivity contribution in [3.05, 3.63) is 29.8 Å². The van der Waals surface area contributed by atoms with Crippen LogP contribution >= 0.6 is 11.8 Å². The molecule has 1 heterocycles. The minimum absolute atomic E-state index is 0.460. The van der Waals surface area contributed by atoms with E-state index in [9.17, 15) is 4.79 Å². The van der Waals surface area contributed by atoms with Gasteiger partial charge in [-0.25, -0.2) is 4.79 Å². The number of carboxylic acid groups (broad SMARTS) is 1. The van der Waals surface area contributed by atoms with Gasteiger partial charge in [-0.15, -0.1) is 0 Å². The van der Waals surface area contributed by atoms with Crippen LogP contribution in [0.5, 0.6) is 0 Å². The molecule has 4 nitrogen and oxygen atoms in total. The van der Waals surface area contributed by atoms with E-state index >= 15 is 0 Å². The van der Waals surface area contributed by atoms with Gasteiger partial charge in [0.25, 0.3) is 0 Å². The summed E-state index contributed by atoms with van der Waals surface area (Å²) < 4.78 is 0. The van der Waals surface area contributed by atoms with Gasteiger partial charge in [0.05, 0.1) is 0 Å². The van der Waals surface area contributed by atoms with Crippen LogP contribution in [0.15, 0.2) is 24.3 Å². The molecule has 3 N–H and O–H groups in total. The summed E-state index contributed by atoms with van der Waals surface area (Å²) in [7, 11) is 0. The van der Waals surface area contributed by atoms with E-state index in [1.807, 2.05) is 11.8 Å². The largest absolute Gasteiger partial charge is 0.465 e. The molecule has 1 amide bonds. The predicted octanol–water partition coefficient (Wildman–Crippen LogP) is 2.80. The fourth-order valence-electron chi connectivity index (χ4n) is 2.16. The van der Waals surface area contributed by atoms with Crippen molar-refractivity contribution < 1.29 is 9.90 Å². The van der Waals surface area contributed by atoms with Crippen LogP contribution in [-0.2, 0) is 6.42 Å². The Morgan fingerprint density at radius 1 is 1.26 bits per heavy atom. The van der Waals surface area contributed by atoms with E-state index in [4.69, 9.17) is 5.11 Å². The molecule has 2 rings (SSSR count). The van der Waals surface area contributed by atoms with Gasteiger partial charge < -0.3 is 15.7 Å². The summed E-state index contributed by atoms with van der Waals surface area (Å²) in [5.74, 6) is 2.49. The molecule has 0 saturated carbocycles. The number of nitrogens with one attached hydrogen (secondary N) is 2. The van der Waals surface area contributed by atoms with Gasteiger partial charge in [0.2, 0.25) is 0 Å². The first kappa shape index (κ1) is 14.1. The lowest BCUT2D eigenvalue weighted by Gasteiger charge is -2.23. The second-order valence-electron chi connectivity index (χ2n) is 4.71. The predicted molar refractivity (Wildman–Crippen MR) is 80.1 cm³/mol. The van der Waals surface area contributed by atoms with Gasteiger partial charge in [0.1, 0.15) is 0 Å². The van der Waals surface area contributed by atoms with Gasteiger partial charge in [-0.3, -0.25) is 0 Å². The molecule has 1 aromatic carbocycles. The van der Waals surface area contributed by atoms with E-state index in [1.54, 1.807) is 0 Å². The minimum atomic E-state index is -0.964. The first-order valence-corrected chi connectivity index (χ1v) is 7.79. The molecular weight excluding hydrogens is 260 g/mol. The van der Waals surface area contributed by atoms with Crippen LogP contribution in [0, 0.1) is 0 Å². The SMILES string of the molecule is O=C(O)NCCc1ccc(NC2CCSCC2)cc1. The zero-order valence-electron chi connectivity index (χ0n) is 10.9. The maximum absolute atomic E-state index is 10.3. The quantitative estimate of drug-likeness (QED) is 0.776. The highest BCUT2D eigenvalue weighted by Crippen LogP contribution is 2.21. The monoisotopic (exact) mass is 280 g/mol. The molecule has 0 atom stereocenters. The average Bonchev–Trinajstić information content (AvgIpc) is 2.42. The molecule has 0 bridgehead atoms. The highest BCUT2D eigenvalue weighted by molar-refractivity contribution is 7.99. The Labute approximate surface area is 118 Å². The zero-order valence-corrected chi connectivity index (χ0v) is 11.7. The van der Waals surface area contributed by atoms with E-state index in [0.29, 0.717) is 12.6 Å². The highest BCUT2D eigenvalue weighted by Gasteiger charge is 2.12. The van der Waals surface area contributed by atoms with Crippen LogP contribution in [-0.4, -0.2) is 35.3 Å². The first-order chi connectivity index (χ1) is 9.24. The van der Waals surface area contributed by atoms with Gasteiger partial charge in [-0.2, -0.15) is 11.8 Å². The van der Waals surface area contributed by atoms with E-state index in [1.165, 1.54) is 24.3 Å². The summed E-state index contributed by atoms with van der Waals surface area (Å²) >= 11 is 2.03. The summed E-state index contributed by atoms with van der Waals surface area (Å²) in [4.78, 5) is 10.3. The Balaban J connectivity index is 1.78. The van der Waals surface area contributed by atoms with Gasteiger partial charge in [-0.05, 0) is 48.5 Å². The Morgan fingerprint density at radius 2 is 1.95 bits per heavy atom. The highest BCUT2D eigenvalue weighted by atomic mass is 32.2. The first-order valence-electron chi connectivity index (χ1n) is 6.64. The van der Waals surface area contributed by atoms with E-state index in [2.05, 4.69) is 34.9 Å². The third kappa shape index (κ3) is 5.03. The Hall–Kier alpha value is -1.36. The van der Waals surface area contributed by atoms with Crippen molar-refractivity contribution in [2.45, 2.75) is 25.3 Å². The average molecular weight is 280 g/mol. The van der Waals surface area contributed by atoms with Crippen molar-refractivity contribution in [3.63, 3.8) is 0 Å². The van der Waals surface area contributed by atoms with E-state index in [-0.39, 0.29) is 0 Å². The van der Waals surface area contributed by atoms with Crippen LogP contribution < -0.4 is 10.6 Å². The lowest BCUT2D eigenvalue weighted by molar-refractivity contribution is 0.194. The van der Waals surface area contributed by atoms with Crippen molar-refractivity contribution >= 4 is 23.5 Å². The molecule has 0 unspecified atom stereocenters. The van der Waals surface area contributed by atoms with Crippen molar-refractivity contribution in [2.75, 3.05) is 23.4 Å². The third-order valence-electron chi connectivity index (χ3n) is 3.24. The van der Waals surface area contributed by atoms with Gasteiger partial charge in [-0.1, -0.05) is 12.1 Å². The lowest BCUT2D eigenvalue weighted by Crippen LogP contribution is -2.24. The molecule has 1 aromatic rings. The summed E-state index contributed by atoms with van der Waals surface area (Å²) in [5, 5.41) is 14.4. The van der Waals surface area contributed by atoms with Crippen molar-refractivity contribution in [3.8, 4) is 0 Å². The fraction of sp³-hybridized carbons (Fsp3) is 0.500. The summed E-state index contributed by atoms with van der Waals surface area (Å²) in [6, 6.07) is 8.88. The molecular formula is C14H20N2O2S. The van der Waals surface area contributed by atoms with Gasteiger partial charge in [0.15, 0.2) is 0 Å². The van der Waals surface area contributed by atoms with Crippen molar-refractivity contribution in [1.82, 2.24) is 5.32 Å². The molecule has 1 aliphatic heterocycles. The molecule has 19 heavy (non-hydrogen) atoms. The minimum Gasteiger partial charge on any atom is -0.465 e. The number of carbonyl (C=O) groups is 1. The number of thioether (sulfide) groups is 1. The maximum Gasteiger partial charge on any atom is 0.404 e. The maximum atomic E-state index is 10.3. The molecule has 5 heteroatoms. The van der Waals surface area contributed by atoms with Crippen LogP contribution in [0.1, 0.15) is 18.4 Å². The Morgan fingerprint density at radius 3 is 2.58 bits per heavy atom. The molecule has 0 spiro atoms. The second-order valence-corrected chi connectivity index (χ2v) is 5.93. The summed E-state index contributed by atoms with van der Waals surface area (Å²) in [5.41, 5.74) is 2.31. The van der Waals surface area contributed by atoms with E-state index in [0.717, 1.165) is 17.7 Å². The molecule has 0 radical (unpaired) electrons.